The number of imidazole rings is 1. The molecule has 0 fully saturated rings. The maximum atomic E-state index is 13.2. The summed E-state index contributed by atoms with van der Waals surface area (Å²) >= 11 is 0. The Hall–Kier alpha value is -2.10. The fraction of sp³-hybridized carbons (Fsp3) is 0.545. The summed E-state index contributed by atoms with van der Waals surface area (Å²) in [6, 6.07) is 3.97. The monoisotopic (exact) mass is 354 g/mol. The molecule has 0 aliphatic heterocycles. The molecule has 1 heterocycles. The van der Waals surface area contributed by atoms with Gasteiger partial charge in [0, 0.05) is 36.8 Å². The standard InChI is InChI=1S/C22H30N2O2/c1-4-8-21-23-13-14-24(21)15-16(3)22(25)19-11-12-20(26-5-2)18-10-7-6-9-17(18)19/h11-14,16H,4-10,15H2,1-3H3. The number of aryl methyl sites for hydroxylation is 1. The molecule has 1 atom stereocenters. The van der Waals surface area contributed by atoms with E-state index in [1.165, 1.54) is 17.5 Å². The lowest BCUT2D eigenvalue weighted by Crippen LogP contribution is -2.21. The number of nitrogens with zero attached hydrogens (tertiary/aromatic N) is 2. The van der Waals surface area contributed by atoms with Crippen molar-refractivity contribution in [1.82, 2.24) is 9.55 Å². The zero-order valence-corrected chi connectivity index (χ0v) is 16.3. The van der Waals surface area contributed by atoms with Crippen LogP contribution in [-0.2, 0) is 25.8 Å². The fourth-order valence-electron chi connectivity index (χ4n) is 3.96. The largest absolute Gasteiger partial charge is 0.494 e. The molecule has 1 aromatic heterocycles. The van der Waals surface area contributed by atoms with E-state index in [-0.39, 0.29) is 11.7 Å². The second kappa shape index (κ2) is 8.52. The van der Waals surface area contributed by atoms with Crippen molar-refractivity contribution in [2.45, 2.75) is 65.8 Å². The molecule has 0 saturated heterocycles. The van der Waals surface area contributed by atoms with Crippen molar-refractivity contribution >= 4 is 5.78 Å². The second-order valence-corrected chi connectivity index (χ2v) is 7.22. The lowest BCUT2D eigenvalue weighted by molar-refractivity contribution is 0.0916. The first kappa shape index (κ1) is 18.7. The molecule has 0 saturated carbocycles. The van der Waals surface area contributed by atoms with Gasteiger partial charge in [0.05, 0.1) is 6.61 Å². The topological polar surface area (TPSA) is 44.1 Å². The average Bonchev–Trinajstić information content (AvgIpc) is 3.09. The third-order valence-corrected chi connectivity index (χ3v) is 5.25. The first-order valence-corrected chi connectivity index (χ1v) is 9.97. The van der Waals surface area contributed by atoms with Crippen LogP contribution < -0.4 is 4.74 Å². The number of ether oxygens (including phenoxy) is 1. The number of Topliss-reactive ketones (excluding diaryl/α,β-unsaturated/α-hetero) is 1. The SMILES string of the molecule is CCCc1nccn1CC(C)C(=O)c1ccc(OCC)c2c1CCCC2. The molecular formula is C22H30N2O2. The molecule has 4 heteroatoms. The Morgan fingerprint density at radius 3 is 2.73 bits per heavy atom. The molecule has 2 aromatic rings. The summed E-state index contributed by atoms with van der Waals surface area (Å²) in [5.41, 5.74) is 3.37. The summed E-state index contributed by atoms with van der Waals surface area (Å²) in [5.74, 6) is 2.21. The summed E-state index contributed by atoms with van der Waals surface area (Å²) in [7, 11) is 0. The summed E-state index contributed by atoms with van der Waals surface area (Å²) in [6.45, 7) is 7.55. The van der Waals surface area contributed by atoms with Crippen LogP contribution in [0.25, 0.3) is 0 Å². The Balaban J connectivity index is 1.84. The zero-order valence-electron chi connectivity index (χ0n) is 16.3. The van der Waals surface area contributed by atoms with Crippen LogP contribution in [0.3, 0.4) is 0 Å². The first-order valence-electron chi connectivity index (χ1n) is 9.97. The molecule has 1 aliphatic carbocycles. The van der Waals surface area contributed by atoms with Gasteiger partial charge >= 0.3 is 0 Å². The number of carbonyl (C=O) groups excluding carboxylic acids is 1. The van der Waals surface area contributed by atoms with E-state index in [1.54, 1.807) is 0 Å². The van der Waals surface area contributed by atoms with Gasteiger partial charge in [-0.1, -0.05) is 13.8 Å². The molecule has 0 N–H and O–H groups in total. The van der Waals surface area contributed by atoms with E-state index < -0.39 is 0 Å². The van der Waals surface area contributed by atoms with E-state index in [2.05, 4.69) is 16.5 Å². The Labute approximate surface area is 156 Å². The molecule has 0 spiro atoms. The van der Waals surface area contributed by atoms with Gasteiger partial charge in [0.25, 0.3) is 0 Å². The molecule has 1 unspecified atom stereocenters. The van der Waals surface area contributed by atoms with Crippen LogP contribution in [0.15, 0.2) is 24.5 Å². The minimum absolute atomic E-state index is 0.0659. The van der Waals surface area contributed by atoms with Crippen molar-refractivity contribution in [3.63, 3.8) is 0 Å². The maximum absolute atomic E-state index is 13.2. The smallest absolute Gasteiger partial charge is 0.167 e. The van der Waals surface area contributed by atoms with Crippen LogP contribution in [-0.4, -0.2) is 21.9 Å². The van der Waals surface area contributed by atoms with Crippen molar-refractivity contribution in [3.8, 4) is 5.75 Å². The van der Waals surface area contributed by atoms with Crippen LogP contribution in [0.2, 0.25) is 0 Å². The van der Waals surface area contributed by atoms with Crippen molar-refractivity contribution in [3.05, 3.63) is 47.0 Å². The highest BCUT2D eigenvalue weighted by Crippen LogP contribution is 2.33. The summed E-state index contributed by atoms with van der Waals surface area (Å²) in [5, 5.41) is 0. The first-order chi connectivity index (χ1) is 12.7. The molecule has 0 amide bonds. The van der Waals surface area contributed by atoms with Gasteiger partial charge in [-0.2, -0.15) is 0 Å². The molecule has 1 aromatic carbocycles. The van der Waals surface area contributed by atoms with Crippen LogP contribution in [0.1, 0.15) is 67.3 Å². The fourth-order valence-corrected chi connectivity index (χ4v) is 3.96. The molecular weight excluding hydrogens is 324 g/mol. The van der Waals surface area contributed by atoms with Gasteiger partial charge in [0.2, 0.25) is 0 Å². The number of hydrogen-bond donors (Lipinski definition) is 0. The summed E-state index contributed by atoms with van der Waals surface area (Å²) < 4.78 is 7.94. The van der Waals surface area contributed by atoms with E-state index in [1.807, 2.05) is 38.4 Å². The van der Waals surface area contributed by atoms with E-state index in [4.69, 9.17) is 4.74 Å². The van der Waals surface area contributed by atoms with Gasteiger partial charge in [-0.05, 0) is 62.3 Å². The molecule has 0 bridgehead atoms. The highest BCUT2D eigenvalue weighted by Gasteiger charge is 2.24. The molecule has 0 radical (unpaired) electrons. The number of benzene rings is 1. The van der Waals surface area contributed by atoms with E-state index >= 15 is 0 Å². The van der Waals surface area contributed by atoms with Crippen molar-refractivity contribution < 1.29 is 9.53 Å². The predicted octanol–water partition coefficient (Wildman–Crippen LogP) is 4.63. The highest BCUT2D eigenvalue weighted by molar-refractivity contribution is 5.99. The van der Waals surface area contributed by atoms with Crippen LogP contribution in [0, 0.1) is 5.92 Å². The Kier molecular flexibility index (Phi) is 6.12. The Morgan fingerprint density at radius 2 is 2.00 bits per heavy atom. The van der Waals surface area contributed by atoms with Crippen LogP contribution in [0.5, 0.6) is 5.75 Å². The second-order valence-electron chi connectivity index (χ2n) is 7.22. The van der Waals surface area contributed by atoms with Crippen molar-refractivity contribution in [2.75, 3.05) is 6.61 Å². The lowest BCUT2D eigenvalue weighted by atomic mass is 9.84. The summed E-state index contributed by atoms with van der Waals surface area (Å²) in [4.78, 5) is 17.6. The Morgan fingerprint density at radius 1 is 1.23 bits per heavy atom. The lowest BCUT2D eigenvalue weighted by Gasteiger charge is -2.23. The zero-order chi connectivity index (χ0) is 18.5. The van der Waals surface area contributed by atoms with Gasteiger partial charge < -0.3 is 9.30 Å². The number of hydrogen-bond acceptors (Lipinski definition) is 3. The van der Waals surface area contributed by atoms with Gasteiger partial charge in [-0.25, -0.2) is 4.98 Å². The molecule has 140 valence electrons. The number of rotatable bonds is 8. The number of aromatic nitrogens is 2. The van der Waals surface area contributed by atoms with Gasteiger partial charge in [-0.15, -0.1) is 0 Å². The van der Waals surface area contributed by atoms with Crippen LogP contribution >= 0.6 is 0 Å². The minimum atomic E-state index is -0.0659. The van der Waals surface area contributed by atoms with Gasteiger partial charge in [-0.3, -0.25) is 4.79 Å². The number of fused-ring (bicyclic) bond motifs is 1. The Bertz CT molecular complexity index is 763. The molecule has 1 aliphatic rings. The number of ketones is 1. The van der Waals surface area contributed by atoms with Crippen LogP contribution in [0.4, 0.5) is 0 Å². The average molecular weight is 354 g/mol. The molecule has 26 heavy (non-hydrogen) atoms. The maximum Gasteiger partial charge on any atom is 0.167 e. The van der Waals surface area contributed by atoms with E-state index in [0.717, 1.165) is 49.2 Å². The van der Waals surface area contributed by atoms with Gasteiger partial charge in [0.15, 0.2) is 5.78 Å². The van der Waals surface area contributed by atoms with E-state index in [9.17, 15) is 4.79 Å². The van der Waals surface area contributed by atoms with E-state index in [0.29, 0.717) is 13.2 Å². The van der Waals surface area contributed by atoms with Crippen molar-refractivity contribution in [2.24, 2.45) is 5.92 Å². The number of carbonyl (C=O) groups is 1. The third-order valence-electron chi connectivity index (χ3n) is 5.25. The minimum Gasteiger partial charge on any atom is -0.494 e. The molecule has 4 nitrogen and oxygen atoms in total. The third kappa shape index (κ3) is 3.84. The van der Waals surface area contributed by atoms with Crippen molar-refractivity contribution in [1.29, 1.82) is 0 Å². The molecule has 3 rings (SSSR count). The normalized spacial score (nSPS) is 14.7. The van der Waals surface area contributed by atoms with Gasteiger partial charge in [0.1, 0.15) is 11.6 Å². The summed E-state index contributed by atoms with van der Waals surface area (Å²) in [6.07, 6.45) is 10.2. The predicted molar refractivity (Wildman–Crippen MR) is 104 cm³/mol. The quantitative estimate of drug-likeness (QED) is 0.649. The highest BCUT2D eigenvalue weighted by atomic mass is 16.5.